The zero-order chi connectivity index (χ0) is 16.3. The monoisotopic (exact) mass is 327 g/mol. The topological polar surface area (TPSA) is 29.1 Å². The van der Waals surface area contributed by atoms with Crippen LogP contribution in [0, 0.1) is 0 Å². The first-order chi connectivity index (χ1) is 10.3. The zero-order valence-electron chi connectivity index (χ0n) is 11.6. The van der Waals surface area contributed by atoms with Crippen molar-refractivity contribution in [3.63, 3.8) is 0 Å². The van der Waals surface area contributed by atoms with Crippen LogP contribution < -0.4 is 5.32 Å². The molecule has 0 aliphatic heterocycles. The molecule has 0 aromatic heterocycles. The number of amides is 1. The van der Waals surface area contributed by atoms with E-state index in [1.165, 1.54) is 12.1 Å². The molecule has 0 bridgehead atoms. The van der Waals surface area contributed by atoms with Crippen LogP contribution in [0.15, 0.2) is 48.5 Å². The molecule has 1 amide bonds. The molecular formula is C16H13ClF3NO. The molecule has 0 fully saturated rings. The Balaban J connectivity index is 2.07. The summed E-state index contributed by atoms with van der Waals surface area (Å²) in [5, 5.41) is 3.25. The molecule has 0 aliphatic rings. The summed E-state index contributed by atoms with van der Waals surface area (Å²) >= 11 is 5.75. The molecule has 6 heteroatoms. The van der Waals surface area contributed by atoms with Gasteiger partial charge < -0.3 is 5.32 Å². The summed E-state index contributed by atoms with van der Waals surface area (Å²) in [6.07, 6.45) is -4.37. The van der Waals surface area contributed by atoms with Crippen molar-refractivity contribution in [1.29, 1.82) is 0 Å². The Kier molecular flexibility index (Phi) is 4.76. The van der Waals surface area contributed by atoms with Crippen molar-refractivity contribution in [2.24, 2.45) is 0 Å². The van der Waals surface area contributed by atoms with Gasteiger partial charge in [-0.15, -0.1) is 0 Å². The highest BCUT2D eigenvalue weighted by Gasteiger charge is 2.30. The summed E-state index contributed by atoms with van der Waals surface area (Å²) in [5.41, 5.74) is 0.311. The van der Waals surface area contributed by atoms with Gasteiger partial charge in [-0.25, -0.2) is 0 Å². The Morgan fingerprint density at radius 3 is 2.09 bits per heavy atom. The molecule has 0 radical (unpaired) electrons. The number of benzene rings is 2. The van der Waals surface area contributed by atoms with Crippen molar-refractivity contribution in [3.8, 4) is 0 Å². The van der Waals surface area contributed by atoms with E-state index < -0.39 is 17.8 Å². The van der Waals surface area contributed by atoms with Crippen LogP contribution in [-0.2, 0) is 6.18 Å². The Morgan fingerprint density at radius 2 is 1.59 bits per heavy atom. The lowest BCUT2D eigenvalue weighted by Crippen LogP contribution is -2.26. The second-order valence-electron chi connectivity index (χ2n) is 4.82. The third-order valence-corrected chi connectivity index (χ3v) is 3.44. The largest absolute Gasteiger partial charge is 0.416 e. The van der Waals surface area contributed by atoms with Gasteiger partial charge in [0.1, 0.15) is 0 Å². The van der Waals surface area contributed by atoms with Crippen molar-refractivity contribution in [2.45, 2.75) is 19.1 Å². The van der Waals surface area contributed by atoms with Crippen molar-refractivity contribution < 1.29 is 18.0 Å². The van der Waals surface area contributed by atoms with E-state index in [1.807, 2.05) is 0 Å². The minimum absolute atomic E-state index is 0.316. The van der Waals surface area contributed by atoms with E-state index >= 15 is 0 Å². The average Bonchev–Trinajstić information content (AvgIpc) is 2.47. The fourth-order valence-electron chi connectivity index (χ4n) is 1.93. The number of carbonyl (C=O) groups excluding carboxylic acids is 1. The van der Waals surface area contributed by atoms with Gasteiger partial charge >= 0.3 is 6.18 Å². The summed E-state index contributed by atoms with van der Waals surface area (Å²) in [6.45, 7) is 1.70. The standard InChI is InChI=1S/C16H13ClF3NO/c1-10(11-2-6-13(7-3-11)16(18,19)20)21-15(22)12-4-8-14(17)9-5-12/h2-10H,1H3,(H,21,22). The molecule has 0 saturated carbocycles. The van der Waals surface area contributed by atoms with Gasteiger partial charge in [-0.1, -0.05) is 23.7 Å². The predicted molar refractivity (Wildman–Crippen MR) is 78.8 cm³/mol. The van der Waals surface area contributed by atoms with E-state index in [2.05, 4.69) is 5.32 Å². The molecule has 0 saturated heterocycles. The van der Waals surface area contributed by atoms with Crippen LogP contribution in [0.4, 0.5) is 13.2 Å². The minimum Gasteiger partial charge on any atom is -0.346 e. The van der Waals surface area contributed by atoms with E-state index in [1.54, 1.807) is 31.2 Å². The van der Waals surface area contributed by atoms with Crippen molar-refractivity contribution in [1.82, 2.24) is 5.32 Å². The molecular weight excluding hydrogens is 315 g/mol. The Morgan fingerprint density at radius 1 is 1.05 bits per heavy atom. The number of alkyl halides is 3. The third kappa shape index (κ3) is 4.01. The van der Waals surface area contributed by atoms with Gasteiger partial charge in [0.25, 0.3) is 5.91 Å². The highest BCUT2D eigenvalue weighted by Crippen LogP contribution is 2.29. The number of hydrogen-bond donors (Lipinski definition) is 1. The average molecular weight is 328 g/mol. The SMILES string of the molecule is CC(NC(=O)c1ccc(Cl)cc1)c1ccc(C(F)(F)F)cc1. The fourth-order valence-corrected chi connectivity index (χ4v) is 2.05. The maximum absolute atomic E-state index is 12.5. The third-order valence-electron chi connectivity index (χ3n) is 3.19. The van der Waals surface area contributed by atoms with Crippen LogP contribution >= 0.6 is 11.6 Å². The second-order valence-corrected chi connectivity index (χ2v) is 5.26. The molecule has 2 aromatic carbocycles. The Labute approximate surface area is 130 Å². The lowest BCUT2D eigenvalue weighted by molar-refractivity contribution is -0.137. The van der Waals surface area contributed by atoms with Gasteiger partial charge in [0.05, 0.1) is 11.6 Å². The molecule has 116 valence electrons. The Hall–Kier alpha value is -2.01. The maximum Gasteiger partial charge on any atom is 0.416 e. The number of nitrogens with one attached hydrogen (secondary N) is 1. The summed E-state index contributed by atoms with van der Waals surface area (Å²) in [7, 11) is 0. The molecule has 2 rings (SSSR count). The van der Waals surface area contributed by atoms with Gasteiger partial charge in [-0.2, -0.15) is 13.2 Å². The number of hydrogen-bond acceptors (Lipinski definition) is 1. The highest BCUT2D eigenvalue weighted by molar-refractivity contribution is 6.30. The van der Waals surface area contributed by atoms with Gasteiger partial charge in [0.2, 0.25) is 0 Å². The van der Waals surface area contributed by atoms with Gasteiger partial charge in [0, 0.05) is 10.6 Å². The van der Waals surface area contributed by atoms with Crippen molar-refractivity contribution >= 4 is 17.5 Å². The molecule has 1 atom stereocenters. The summed E-state index contributed by atoms with van der Waals surface area (Å²) in [5.74, 6) is -0.316. The predicted octanol–water partition coefficient (Wildman–Crippen LogP) is 4.85. The quantitative estimate of drug-likeness (QED) is 0.858. The first-order valence-electron chi connectivity index (χ1n) is 6.51. The lowest BCUT2D eigenvalue weighted by atomic mass is 10.1. The smallest absolute Gasteiger partial charge is 0.346 e. The first kappa shape index (κ1) is 16.4. The van der Waals surface area contributed by atoms with Crippen LogP contribution in [0.5, 0.6) is 0 Å². The van der Waals surface area contributed by atoms with Gasteiger partial charge in [0.15, 0.2) is 0 Å². The maximum atomic E-state index is 12.5. The van der Waals surface area contributed by atoms with Gasteiger partial charge in [-0.3, -0.25) is 4.79 Å². The normalized spacial score (nSPS) is 12.8. The molecule has 22 heavy (non-hydrogen) atoms. The summed E-state index contributed by atoms with van der Waals surface area (Å²) < 4.78 is 37.5. The second kappa shape index (κ2) is 6.40. The highest BCUT2D eigenvalue weighted by atomic mass is 35.5. The number of halogens is 4. The van der Waals surface area contributed by atoms with Crippen LogP contribution in [0.3, 0.4) is 0 Å². The molecule has 1 unspecified atom stereocenters. The number of carbonyl (C=O) groups is 1. The molecule has 0 aliphatic carbocycles. The molecule has 1 N–H and O–H groups in total. The first-order valence-corrected chi connectivity index (χ1v) is 6.89. The molecule has 2 aromatic rings. The van der Waals surface area contributed by atoms with E-state index in [0.717, 1.165) is 12.1 Å². The molecule has 0 spiro atoms. The fraction of sp³-hybridized carbons (Fsp3) is 0.188. The van der Waals surface area contributed by atoms with E-state index in [4.69, 9.17) is 11.6 Å². The summed E-state index contributed by atoms with van der Waals surface area (Å²) in [4.78, 5) is 12.0. The molecule has 0 heterocycles. The molecule has 2 nitrogen and oxygen atoms in total. The van der Waals surface area contributed by atoms with Gasteiger partial charge in [-0.05, 0) is 48.9 Å². The minimum atomic E-state index is -4.37. The van der Waals surface area contributed by atoms with Crippen LogP contribution in [0.25, 0.3) is 0 Å². The van der Waals surface area contributed by atoms with Crippen molar-refractivity contribution in [2.75, 3.05) is 0 Å². The Bertz CT molecular complexity index is 651. The van der Waals surface area contributed by atoms with E-state index in [-0.39, 0.29) is 5.91 Å². The van der Waals surface area contributed by atoms with Crippen LogP contribution in [-0.4, -0.2) is 5.91 Å². The van der Waals surface area contributed by atoms with Crippen LogP contribution in [0.1, 0.15) is 34.5 Å². The van der Waals surface area contributed by atoms with E-state index in [9.17, 15) is 18.0 Å². The van der Waals surface area contributed by atoms with E-state index in [0.29, 0.717) is 16.1 Å². The van der Waals surface area contributed by atoms with Crippen molar-refractivity contribution in [3.05, 3.63) is 70.2 Å². The zero-order valence-corrected chi connectivity index (χ0v) is 12.4. The van der Waals surface area contributed by atoms with Crippen LogP contribution in [0.2, 0.25) is 5.02 Å². The lowest BCUT2D eigenvalue weighted by Gasteiger charge is -2.15. The summed E-state index contributed by atoms with van der Waals surface area (Å²) in [6, 6.07) is 10.7. The number of rotatable bonds is 3.